The molecule has 0 aromatic carbocycles. The topological polar surface area (TPSA) is 94.0 Å². The fourth-order valence-corrected chi connectivity index (χ4v) is 4.08. The van der Waals surface area contributed by atoms with Crippen LogP contribution in [0.25, 0.3) is 0 Å². The van der Waals surface area contributed by atoms with Gasteiger partial charge in [-0.25, -0.2) is 13.4 Å². The van der Waals surface area contributed by atoms with Gasteiger partial charge in [-0.3, -0.25) is 4.79 Å². The predicted molar refractivity (Wildman–Crippen MR) is 84.0 cm³/mol. The lowest BCUT2D eigenvalue weighted by molar-refractivity contribution is -0.209. The maximum Gasteiger partial charge on any atom is 0.406 e. The summed E-state index contributed by atoms with van der Waals surface area (Å²) in [7, 11) is 1.67. The van der Waals surface area contributed by atoms with Crippen molar-refractivity contribution in [2.45, 2.75) is 31.1 Å². The summed E-state index contributed by atoms with van der Waals surface area (Å²) in [5.74, 6) is -1.78. The average Bonchev–Trinajstić information content (AvgIpc) is 2.89. The molecule has 0 radical (unpaired) electrons. The zero-order chi connectivity index (χ0) is 17.5. The normalized spacial score (nSPS) is 23.2. The number of rotatable bonds is 4. The van der Waals surface area contributed by atoms with Crippen LogP contribution in [0.3, 0.4) is 0 Å². The smallest absolute Gasteiger partial charge is 0.338 e. The molecular formula is C14H22N4O5S. The summed E-state index contributed by atoms with van der Waals surface area (Å²) in [5.41, 5.74) is 0. The second-order valence-electron chi connectivity index (χ2n) is 6.45. The maximum absolute atomic E-state index is 12.9. The molecule has 2 saturated heterocycles. The number of carbonyl (C=O) groups is 1. The first-order chi connectivity index (χ1) is 11.2. The number of imidazole rings is 1. The lowest BCUT2D eigenvalue weighted by Crippen LogP contribution is -2.63. The van der Waals surface area contributed by atoms with Crippen molar-refractivity contribution < 1.29 is 21.6 Å². The summed E-state index contributed by atoms with van der Waals surface area (Å²) in [6, 6.07) is 0.409. The molecule has 3 heterocycles. The van der Waals surface area contributed by atoms with Crippen LogP contribution in [-0.4, -0.2) is 72.7 Å². The quantitative estimate of drug-likeness (QED) is 0.716. The molecule has 2 fully saturated rings. The van der Waals surface area contributed by atoms with Crippen molar-refractivity contribution in [1.82, 2.24) is 19.4 Å². The van der Waals surface area contributed by atoms with Crippen molar-refractivity contribution in [1.29, 1.82) is 0 Å². The number of likely N-dealkylation sites (tertiary alicyclic amines) is 1. The van der Waals surface area contributed by atoms with E-state index >= 15 is 0 Å². The number of aryl methyl sites for hydroxylation is 1. The Balaban J connectivity index is 1.75. The molecule has 9 nitrogen and oxygen atoms in total. The molecule has 1 aromatic heterocycles. The van der Waals surface area contributed by atoms with E-state index < -0.39 is 22.1 Å². The molecule has 0 N–H and O–H groups in total. The van der Waals surface area contributed by atoms with Gasteiger partial charge in [-0.1, -0.05) is 0 Å². The summed E-state index contributed by atoms with van der Waals surface area (Å²) in [5, 5.41) is 0. The second kappa shape index (κ2) is 6.10. The van der Waals surface area contributed by atoms with E-state index in [0.717, 1.165) is 12.8 Å². The number of nitrogens with zero attached hydrogens (tertiary/aromatic N) is 4. The zero-order valence-corrected chi connectivity index (χ0v) is 14.8. The van der Waals surface area contributed by atoms with E-state index in [9.17, 15) is 13.2 Å². The number of aromatic nitrogens is 2. The Hall–Kier alpha value is -1.49. The van der Waals surface area contributed by atoms with Gasteiger partial charge in [-0.2, -0.15) is 8.42 Å². The van der Waals surface area contributed by atoms with E-state index in [4.69, 9.17) is 8.37 Å². The van der Waals surface area contributed by atoms with Crippen LogP contribution in [0.4, 0.5) is 0 Å². The van der Waals surface area contributed by atoms with Gasteiger partial charge in [0.15, 0.2) is 0 Å². The van der Waals surface area contributed by atoms with E-state index in [1.165, 1.54) is 0 Å². The predicted octanol–water partition coefficient (Wildman–Crippen LogP) is -0.497. The van der Waals surface area contributed by atoms with Crippen LogP contribution >= 0.6 is 0 Å². The Morgan fingerprint density at radius 1 is 1.38 bits per heavy atom. The minimum atomic E-state index is -4.11. The number of hydrogen-bond acceptors (Lipinski definition) is 7. The van der Waals surface area contributed by atoms with Crippen LogP contribution in [0.1, 0.15) is 18.7 Å². The van der Waals surface area contributed by atoms with Crippen molar-refractivity contribution in [3.63, 3.8) is 0 Å². The average molecular weight is 358 g/mol. The third kappa shape index (κ3) is 3.18. The van der Waals surface area contributed by atoms with Crippen LogP contribution < -0.4 is 0 Å². The highest BCUT2D eigenvalue weighted by atomic mass is 32.3. The lowest BCUT2D eigenvalue weighted by atomic mass is 10.0. The molecule has 2 aliphatic heterocycles. The lowest BCUT2D eigenvalue weighted by Gasteiger charge is -2.43. The molecule has 0 saturated carbocycles. The zero-order valence-electron chi connectivity index (χ0n) is 14.0. The number of amides is 1. The summed E-state index contributed by atoms with van der Waals surface area (Å²) < 4.78 is 34.3. The number of piperidine rings is 1. The van der Waals surface area contributed by atoms with Gasteiger partial charge >= 0.3 is 10.4 Å². The van der Waals surface area contributed by atoms with Gasteiger partial charge in [-0.15, -0.1) is 0 Å². The standard InChI is InChI=1S/C14H22N4O5S/c1-16(2)11-4-7-18(8-5-11)13(19)14(22-24(20,21)23-14)10-12-15-6-9-17(12)3/h6,9,11H,4-5,7-8,10H2,1-3H3. The molecule has 0 bridgehead atoms. The van der Waals surface area contributed by atoms with E-state index in [1.807, 2.05) is 14.1 Å². The fraction of sp³-hybridized carbons (Fsp3) is 0.714. The summed E-state index contributed by atoms with van der Waals surface area (Å²) in [6.07, 6.45) is 4.88. The van der Waals surface area contributed by atoms with E-state index in [-0.39, 0.29) is 6.42 Å². The molecule has 1 amide bonds. The van der Waals surface area contributed by atoms with Crippen LogP contribution in [0.5, 0.6) is 0 Å². The highest BCUT2D eigenvalue weighted by Gasteiger charge is 2.60. The van der Waals surface area contributed by atoms with Gasteiger partial charge in [0.25, 0.3) is 11.7 Å². The summed E-state index contributed by atoms with van der Waals surface area (Å²) >= 11 is 0. The molecule has 0 spiro atoms. The number of carbonyl (C=O) groups excluding carboxylic acids is 1. The van der Waals surface area contributed by atoms with Crippen molar-refractivity contribution in [2.75, 3.05) is 27.2 Å². The third-order valence-electron chi connectivity index (χ3n) is 4.59. The molecule has 0 unspecified atom stereocenters. The molecule has 2 aliphatic rings. The Morgan fingerprint density at radius 3 is 2.46 bits per heavy atom. The van der Waals surface area contributed by atoms with E-state index in [0.29, 0.717) is 25.0 Å². The van der Waals surface area contributed by atoms with Gasteiger partial charge < -0.3 is 14.4 Å². The Kier molecular flexibility index (Phi) is 4.41. The minimum absolute atomic E-state index is 0.0534. The van der Waals surface area contributed by atoms with E-state index in [1.54, 1.807) is 28.9 Å². The van der Waals surface area contributed by atoms with Gasteiger partial charge in [0, 0.05) is 38.6 Å². The van der Waals surface area contributed by atoms with Gasteiger partial charge in [0.05, 0.1) is 6.42 Å². The first kappa shape index (κ1) is 17.3. The van der Waals surface area contributed by atoms with Gasteiger partial charge in [0.1, 0.15) is 5.82 Å². The molecule has 3 rings (SSSR count). The van der Waals surface area contributed by atoms with Gasteiger partial charge in [0.2, 0.25) is 0 Å². The molecule has 0 atom stereocenters. The molecule has 134 valence electrons. The Labute approximate surface area is 141 Å². The van der Waals surface area contributed by atoms with Crippen LogP contribution in [0.15, 0.2) is 12.4 Å². The minimum Gasteiger partial charge on any atom is -0.338 e. The highest BCUT2D eigenvalue weighted by molar-refractivity contribution is 7.83. The monoisotopic (exact) mass is 358 g/mol. The first-order valence-electron chi connectivity index (χ1n) is 7.81. The van der Waals surface area contributed by atoms with Crippen molar-refractivity contribution in [2.24, 2.45) is 7.05 Å². The number of hydrogen-bond donors (Lipinski definition) is 0. The molecular weight excluding hydrogens is 336 g/mol. The van der Waals surface area contributed by atoms with Crippen molar-refractivity contribution in [3.8, 4) is 0 Å². The molecule has 10 heteroatoms. The molecule has 1 aromatic rings. The van der Waals surface area contributed by atoms with E-state index in [2.05, 4.69) is 9.88 Å². The third-order valence-corrected chi connectivity index (χ3v) is 5.54. The van der Waals surface area contributed by atoms with Crippen LogP contribution in [0, 0.1) is 0 Å². The molecule has 0 aliphatic carbocycles. The largest absolute Gasteiger partial charge is 0.406 e. The van der Waals surface area contributed by atoms with Crippen LogP contribution in [-0.2, 0) is 37.0 Å². The Bertz CT molecular complexity index is 709. The summed E-state index contributed by atoms with van der Waals surface area (Å²) in [6.45, 7) is 1.08. The SMILES string of the molecule is CN(C)C1CCN(C(=O)C2(Cc3nccn3C)OS(=O)(=O)O2)CC1. The Morgan fingerprint density at radius 2 is 2.00 bits per heavy atom. The summed E-state index contributed by atoms with van der Waals surface area (Å²) in [4.78, 5) is 20.7. The van der Waals surface area contributed by atoms with Crippen LogP contribution in [0.2, 0.25) is 0 Å². The van der Waals surface area contributed by atoms with Gasteiger partial charge in [-0.05, 0) is 26.9 Å². The first-order valence-corrected chi connectivity index (χ1v) is 9.14. The fourth-order valence-electron chi connectivity index (χ4n) is 3.14. The highest BCUT2D eigenvalue weighted by Crippen LogP contribution is 2.36. The maximum atomic E-state index is 12.9. The molecule has 24 heavy (non-hydrogen) atoms. The van der Waals surface area contributed by atoms with Crippen molar-refractivity contribution >= 4 is 16.3 Å². The second-order valence-corrected chi connectivity index (χ2v) is 7.60. The van der Waals surface area contributed by atoms with Crippen molar-refractivity contribution in [3.05, 3.63) is 18.2 Å².